The second kappa shape index (κ2) is 5.71. The first kappa shape index (κ1) is 16.6. The van der Waals surface area contributed by atoms with Gasteiger partial charge in [-0.3, -0.25) is 0 Å². The molecule has 0 aromatic heterocycles. The Kier molecular flexibility index (Phi) is 3.16. The van der Waals surface area contributed by atoms with Crippen molar-refractivity contribution in [2.24, 2.45) is 0 Å². The highest BCUT2D eigenvalue weighted by Gasteiger charge is 2.49. The van der Waals surface area contributed by atoms with Crippen molar-refractivity contribution in [2.75, 3.05) is 0 Å². The molecule has 0 radical (unpaired) electrons. The van der Waals surface area contributed by atoms with Crippen molar-refractivity contribution in [3.05, 3.63) is 130 Å². The highest BCUT2D eigenvalue weighted by molar-refractivity contribution is 9.10. The zero-order valence-electron chi connectivity index (χ0n) is 16.2. The largest absolute Gasteiger partial charge is 0.0725 e. The number of hydrogen-bond acceptors (Lipinski definition) is 0. The molecule has 7 rings (SSSR count). The normalized spacial score (nSPS) is 17.6. The molecule has 0 aliphatic heterocycles. The van der Waals surface area contributed by atoms with Gasteiger partial charge in [0.25, 0.3) is 0 Å². The van der Waals surface area contributed by atoms with Crippen LogP contribution in [0, 0.1) is 0 Å². The van der Waals surface area contributed by atoms with Gasteiger partial charge < -0.3 is 0 Å². The first-order valence-electron chi connectivity index (χ1n) is 10.3. The molecule has 0 amide bonds. The molecule has 1 spiro atoms. The average molecular weight is 445 g/mol. The van der Waals surface area contributed by atoms with Gasteiger partial charge in [-0.05, 0) is 67.4 Å². The van der Waals surface area contributed by atoms with Crippen molar-refractivity contribution in [1.29, 1.82) is 0 Å². The Balaban J connectivity index is 1.79. The lowest BCUT2D eigenvalue weighted by Gasteiger charge is -2.40. The van der Waals surface area contributed by atoms with Crippen LogP contribution in [0.5, 0.6) is 0 Å². The third kappa shape index (κ3) is 1.83. The lowest BCUT2D eigenvalue weighted by Crippen LogP contribution is -2.31. The number of benzene rings is 5. The number of rotatable bonds is 0. The van der Waals surface area contributed by atoms with Crippen molar-refractivity contribution in [1.82, 2.24) is 0 Å². The molecule has 0 N–H and O–H groups in total. The number of fused-ring (bicyclic) bond motifs is 9. The minimum absolute atomic E-state index is 0.295. The van der Waals surface area contributed by atoms with Gasteiger partial charge in [0.15, 0.2) is 0 Å². The van der Waals surface area contributed by atoms with Gasteiger partial charge in [0.05, 0.1) is 5.41 Å². The van der Waals surface area contributed by atoms with Gasteiger partial charge >= 0.3 is 0 Å². The van der Waals surface area contributed by atoms with Crippen LogP contribution in [-0.2, 0) is 5.41 Å². The molecular formula is C29H17Br. The first-order chi connectivity index (χ1) is 14.8. The fraction of sp³-hybridized carbons (Fsp3) is 0.0345. The van der Waals surface area contributed by atoms with E-state index >= 15 is 0 Å². The van der Waals surface area contributed by atoms with E-state index in [0.717, 1.165) is 4.47 Å². The molecule has 5 aromatic carbocycles. The van der Waals surface area contributed by atoms with E-state index in [1.165, 1.54) is 55.3 Å². The molecule has 2 aliphatic carbocycles. The molecule has 1 unspecified atom stereocenters. The van der Waals surface area contributed by atoms with Gasteiger partial charge in [-0.25, -0.2) is 0 Å². The maximum absolute atomic E-state index is 3.72. The summed E-state index contributed by atoms with van der Waals surface area (Å²) in [5, 5.41) is 2.69. The highest BCUT2D eigenvalue weighted by Crippen LogP contribution is 2.61. The minimum atomic E-state index is -0.295. The maximum Gasteiger partial charge on any atom is 0.0725 e. The van der Waals surface area contributed by atoms with Gasteiger partial charge in [-0.2, -0.15) is 0 Å². The molecule has 0 heterocycles. The Morgan fingerprint density at radius 2 is 1.03 bits per heavy atom. The topological polar surface area (TPSA) is 0 Å². The Hall–Kier alpha value is -3.16. The van der Waals surface area contributed by atoms with Gasteiger partial charge in [-0.15, -0.1) is 0 Å². The van der Waals surface area contributed by atoms with Crippen molar-refractivity contribution in [2.45, 2.75) is 5.41 Å². The molecule has 1 atom stereocenters. The van der Waals surface area contributed by atoms with Crippen LogP contribution in [0.2, 0.25) is 0 Å². The minimum Gasteiger partial charge on any atom is -0.0619 e. The van der Waals surface area contributed by atoms with Gasteiger partial charge in [0.1, 0.15) is 0 Å². The van der Waals surface area contributed by atoms with Crippen LogP contribution in [0.25, 0.3) is 33.0 Å². The van der Waals surface area contributed by atoms with Gasteiger partial charge in [-0.1, -0.05) is 107 Å². The summed E-state index contributed by atoms with van der Waals surface area (Å²) in [6.45, 7) is 0. The Morgan fingerprint density at radius 3 is 1.80 bits per heavy atom. The first-order valence-corrected chi connectivity index (χ1v) is 11.1. The van der Waals surface area contributed by atoms with Crippen LogP contribution in [-0.4, -0.2) is 0 Å². The Morgan fingerprint density at radius 1 is 0.467 bits per heavy atom. The van der Waals surface area contributed by atoms with Crippen LogP contribution in [0.1, 0.15) is 22.3 Å². The van der Waals surface area contributed by atoms with Crippen LogP contribution in [0.15, 0.2) is 108 Å². The summed E-state index contributed by atoms with van der Waals surface area (Å²) in [5.41, 5.74) is 10.6. The quantitative estimate of drug-likeness (QED) is 0.222. The summed E-state index contributed by atoms with van der Waals surface area (Å²) in [7, 11) is 0. The van der Waals surface area contributed by atoms with Gasteiger partial charge in [0.2, 0.25) is 0 Å². The van der Waals surface area contributed by atoms with E-state index in [1.54, 1.807) is 0 Å². The molecular weight excluding hydrogens is 428 g/mol. The van der Waals surface area contributed by atoms with E-state index in [-0.39, 0.29) is 5.41 Å². The zero-order chi connectivity index (χ0) is 19.9. The molecule has 0 fully saturated rings. The van der Waals surface area contributed by atoms with Crippen LogP contribution >= 0.6 is 15.9 Å². The lowest BCUT2D eigenvalue weighted by molar-refractivity contribution is 0.773. The van der Waals surface area contributed by atoms with Crippen molar-refractivity contribution < 1.29 is 0 Å². The smallest absolute Gasteiger partial charge is 0.0619 e. The Bertz CT molecular complexity index is 1510. The summed E-state index contributed by atoms with van der Waals surface area (Å²) in [4.78, 5) is 0. The van der Waals surface area contributed by atoms with E-state index in [2.05, 4.69) is 119 Å². The molecule has 1 heteroatoms. The summed E-state index contributed by atoms with van der Waals surface area (Å²) >= 11 is 3.72. The summed E-state index contributed by atoms with van der Waals surface area (Å²) in [6.07, 6.45) is 0. The molecule has 30 heavy (non-hydrogen) atoms. The highest BCUT2D eigenvalue weighted by atomic mass is 79.9. The van der Waals surface area contributed by atoms with Crippen LogP contribution < -0.4 is 0 Å². The molecule has 0 saturated carbocycles. The average Bonchev–Trinajstić information content (AvgIpc) is 3.08. The van der Waals surface area contributed by atoms with Crippen molar-refractivity contribution in [3.63, 3.8) is 0 Å². The predicted octanol–water partition coefficient (Wildman–Crippen LogP) is 7.95. The molecule has 2 aliphatic rings. The molecule has 5 aromatic rings. The maximum atomic E-state index is 3.72. The van der Waals surface area contributed by atoms with Crippen molar-refractivity contribution in [3.8, 4) is 22.3 Å². The number of halogens is 1. The second-order valence-electron chi connectivity index (χ2n) is 8.24. The van der Waals surface area contributed by atoms with E-state index in [0.29, 0.717) is 0 Å². The van der Waals surface area contributed by atoms with E-state index in [1.807, 2.05) is 0 Å². The third-order valence-corrected chi connectivity index (χ3v) is 7.43. The standard InChI is InChI=1S/C29H17Br/c30-19-15-16-26-23(17-19)21-10-2-4-13-25(21)29(26)24-12-3-1-9-20(24)22-11-5-7-18-8-6-14-27(29)28(18)22/h1-17H. The van der Waals surface area contributed by atoms with E-state index < -0.39 is 0 Å². The Labute approximate surface area is 184 Å². The third-order valence-electron chi connectivity index (χ3n) is 6.94. The molecule has 0 bridgehead atoms. The molecule has 0 nitrogen and oxygen atoms in total. The fourth-order valence-corrected chi connectivity index (χ4v) is 6.27. The SMILES string of the molecule is Brc1ccc2c(c1)-c1ccccc1C21c2ccccc2-c2cccc3cccc1c23. The van der Waals surface area contributed by atoms with Crippen LogP contribution in [0.4, 0.5) is 0 Å². The van der Waals surface area contributed by atoms with Crippen molar-refractivity contribution >= 4 is 26.7 Å². The summed E-state index contributed by atoms with van der Waals surface area (Å²) in [6, 6.07) is 38.2. The fourth-order valence-electron chi connectivity index (χ4n) is 5.90. The summed E-state index contributed by atoms with van der Waals surface area (Å²) < 4.78 is 1.12. The van der Waals surface area contributed by atoms with Gasteiger partial charge in [0, 0.05) is 4.47 Å². The second-order valence-corrected chi connectivity index (χ2v) is 9.16. The van der Waals surface area contributed by atoms with Crippen LogP contribution in [0.3, 0.4) is 0 Å². The van der Waals surface area contributed by atoms with E-state index in [4.69, 9.17) is 0 Å². The monoisotopic (exact) mass is 444 g/mol. The van der Waals surface area contributed by atoms with E-state index in [9.17, 15) is 0 Å². The molecule has 0 saturated heterocycles. The number of hydrogen-bond donors (Lipinski definition) is 0. The zero-order valence-corrected chi connectivity index (χ0v) is 17.8. The molecule has 140 valence electrons. The summed E-state index contributed by atoms with van der Waals surface area (Å²) in [5.74, 6) is 0. The lowest BCUT2D eigenvalue weighted by atomic mass is 9.61. The predicted molar refractivity (Wildman–Crippen MR) is 128 cm³/mol.